The largest absolute Gasteiger partial charge is 0.376 e. The highest BCUT2D eigenvalue weighted by molar-refractivity contribution is 7.98. The van der Waals surface area contributed by atoms with Gasteiger partial charge in [-0.25, -0.2) is 22.2 Å². The van der Waals surface area contributed by atoms with E-state index in [1.165, 1.54) is 28.2 Å². The number of nitrogens with zero attached hydrogens (tertiary/aromatic N) is 3. The van der Waals surface area contributed by atoms with Gasteiger partial charge in [0.2, 0.25) is 10.0 Å². The van der Waals surface area contributed by atoms with Gasteiger partial charge in [0.05, 0.1) is 28.6 Å². The molecule has 6 nitrogen and oxygen atoms in total. The lowest BCUT2D eigenvalue weighted by molar-refractivity contribution is 0.0960. The molecule has 176 valence electrons. The number of ether oxygens (including phenoxy) is 1. The first-order valence-electron chi connectivity index (χ1n) is 11.1. The summed E-state index contributed by atoms with van der Waals surface area (Å²) in [4.78, 5) is 4.94. The van der Waals surface area contributed by atoms with Gasteiger partial charge < -0.3 is 9.30 Å². The monoisotopic (exact) mass is 493 g/mol. The highest BCUT2D eigenvalue weighted by Gasteiger charge is 2.28. The summed E-state index contributed by atoms with van der Waals surface area (Å²) >= 11 is 1.34. The minimum atomic E-state index is -3.55. The summed E-state index contributed by atoms with van der Waals surface area (Å²) < 4.78 is 62.8. The van der Waals surface area contributed by atoms with E-state index >= 15 is 0 Å². The maximum atomic E-state index is 14.1. The highest BCUT2D eigenvalue weighted by atomic mass is 32.2. The zero-order chi connectivity index (χ0) is 23.0. The van der Waals surface area contributed by atoms with E-state index in [-0.39, 0.29) is 16.8 Å². The summed E-state index contributed by atoms with van der Waals surface area (Å²) in [5.41, 5.74) is 1.78. The zero-order valence-corrected chi connectivity index (χ0v) is 19.7. The number of rotatable bonds is 7. The van der Waals surface area contributed by atoms with E-state index in [9.17, 15) is 17.2 Å². The Labute approximate surface area is 196 Å². The van der Waals surface area contributed by atoms with Gasteiger partial charge in [-0.1, -0.05) is 17.8 Å². The molecule has 1 atom stereocenters. The summed E-state index contributed by atoms with van der Waals surface area (Å²) in [6, 6.07) is 8.61. The third-order valence-corrected chi connectivity index (χ3v) is 9.09. The number of halogens is 2. The second-order valence-electron chi connectivity index (χ2n) is 8.43. The van der Waals surface area contributed by atoms with Crippen LogP contribution in [0, 0.1) is 11.6 Å². The quantitative estimate of drug-likeness (QED) is 0.451. The Morgan fingerprint density at radius 1 is 1.09 bits per heavy atom. The van der Waals surface area contributed by atoms with E-state index in [0.29, 0.717) is 35.9 Å². The van der Waals surface area contributed by atoms with Gasteiger partial charge >= 0.3 is 0 Å². The molecule has 0 spiro atoms. The van der Waals surface area contributed by atoms with Gasteiger partial charge in [0.1, 0.15) is 11.6 Å². The van der Waals surface area contributed by atoms with E-state index < -0.39 is 21.7 Å². The lowest BCUT2D eigenvalue weighted by Crippen LogP contribution is -2.27. The fourth-order valence-electron chi connectivity index (χ4n) is 4.39. The minimum Gasteiger partial charge on any atom is -0.376 e. The van der Waals surface area contributed by atoms with Gasteiger partial charge in [-0.05, 0) is 55.5 Å². The molecule has 33 heavy (non-hydrogen) atoms. The summed E-state index contributed by atoms with van der Waals surface area (Å²) in [6.07, 6.45) is 3.74. The van der Waals surface area contributed by atoms with Crippen LogP contribution in [-0.4, -0.2) is 48.1 Å². The molecular weight excluding hydrogens is 468 g/mol. The van der Waals surface area contributed by atoms with E-state index in [0.717, 1.165) is 43.9 Å². The Hall–Kier alpha value is -2.01. The number of thioether (sulfide) groups is 1. The predicted molar refractivity (Wildman–Crippen MR) is 123 cm³/mol. The van der Waals surface area contributed by atoms with E-state index in [1.807, 2.05) is 4.57 Å². The van der Waals surface area contributed by atoms with Crippen molar-refractivity contribution in [3.05, 3.63) is 53.6 Å². The molecule has 0 radical (unpaired) electrons. The first-order valence-corrected chi connectivity index (χ1v) is 13.5. The molecule has 0 bridgehead atoms. The second-order valence-corrected chi connectivity index (χ2v) is 11.3. The number of benzene rings is 2. The average Bonchev–Trinajstić information content (AvgIpc) is 3.55. The fraction of sp³-hybridized carbons (Fsp3) is 0.435. The van der Waals surface area contributed by atoms with Crippen LogP contribution in [0.5, 0.6) is 0 Å². The van der Waals surface area contributed by atoms with Crippen LogP contribution in [-0.2, 0) is 27.1 Å². The Bertz CT molecular complexity index is 1270. The molecule has 5 rings (SSSR count). The number of fused-ring (bicyclic) bond motifs is 1. The topological polar surface area (TPSA) is 64.4 Å². The fourth-order valence-corrected chi connectivity index (χ4v) is 6.93. The molecule has 2 saturated heterocycles. The number of hydrogen-bond donors (Lipinski definition) is 0. The lowest BCUT2D eigenvalue weighted by atomic mass is 10.2. The SMILES string of the molecule is O=S(=O)(c1ccc2c(c1)nc(SCc1ccc(F)cc1F)n2CC1CCCO1)N1CCCC1. The van der Waals surface area contributed by atoms with E-state index in [4.69, 9.17) is 9.72 Å². The van der Waals surface area contributed by atoms with Crippen molar-refractivity contribution in [2.24, 2.45) is 0 Å². The van der Waals surface area contributed by atoms with Crippen molar-refractivity contribution < 1.29 is 21.9 Å². The first kappa shape index (κ1) is 22.8. The molecule has 2 aromatic carbocycles. The van der Waals surface area contributed by atoms with Crippen molar-refractivity contribution in [3.63, 3.8) is 0 Å². The molecule has 0 saturated carbocycles. The van der Waals surface area contributed by atoms with Crippen molar-refractivity contribution in [1.82, 2.24) is 13.9 Å². The van der Waals surface area contributed by atoms with Crippen LogP contribution in [0.1, 0.15) is 31.2 Å². The maximum Gasteiger partial charge on any atom is 0.243 e. The number of imidazole rings is 1. The van der Waals surface area contributed by atoms with E-state index in [2.05, 4.69) is 0 Å². The zero-order valence-electron chi connectivity index (χ0n) is 18.0. The van der Waals surface area contributed by atoms with Crippen LogP contribution < -0.4 is 0 Å². The Morgan fingerprint density at radius 2 is 1.91 bits per heavy atom. The number of aromatic nitrogens is 2. The maximum absolute atomic E-state index is 14.1. The van der Waals surface area contributed by atoms with Crippen LogP contribution in [0.15, 0.2) is 46.5 Å². The smallest absolute Gasteiger partial charge is 0.243 e. The van der Waals surface area contributed by atoms with Crippen LogP contribution in [0.4, 0.5) is 8.78 Å². The molecule has 0 aliphatic carbocycles. The molecule has 2 aliphatic rings. The first-order chi connectivity index (χ1) is 15.9. The molecule has 1 aromatic heterocycles. The molecular formula is C23H25F2N3O3S2. The minimum absolute atomic E-state index is 0.0531. The molecule has 1 unspecified atom stereocenters. The predicted octanol–water partition coefficient (Wildman–Crippen LogP) is 4.57. The lowest BCUT2D eigenvalue weighted by Gasteiger charge is -2.16. The van der Waals surface area contributed by atoms with Crippen molar-refractivity contribution in [2.45, 2.75) is 54.1 Å². The summed E-state index contributed by atoms with van der Waals surface area (Å²) in [7, 11) is -3.55. The third-order valence-electron chi connectivity index (χ3n) is 6.17. The van der Waals surface area contributed by atoms with Crippen LogP contribution >= 0.6 is 11.8 Å². The van der Waals surface area contributed by atoms with Crippen molar-refractivity contribution in [1.29, 1.82) is 0 Å². The van der Waals surface area contributed by atoms with Gasteiger partial charge in [-0.15, -0.1) is 0 Å². The standard InChI is InChI=1S/C23H25F2N3O3S2/c24-17-6-5-16(20(25)12-17)15-32-23-26-21-13-19(33(29,30)27-9-1-2-10-27)7-8-22(21)28(23)14-18-4-3-11-31-18/h5-8,12-13,18H,1-4,9-11,14-15H2. The normalized spacial score (nSPS) is 19.6. The third kappa shape index (κ3) is 4.66. The number of sulfonamides is 1. The summed E-state index contributed by atoms with van der Waals surface area (Å²) in [5.74, 6) is -0.929. The van der Waals surface area contributed by atoms with Gasteiger partial charge in [0.25, 0.3) is 0 Å². The van der Waals surface area contributed by atoms with Gasteiger partial charge in [0.15, 0.2) is 5.16 Å². The molecule has 0 amide bonds. The summed E-state index contributed by atoms with van der Waals surface area (Å²) in [6.45, 7) is 2.39. The molecule has 10 heteroatoms. The number of hydrogen-bond acceptors (Lipinski definition) is 5. The molecule has 0 N–H and O–H groups in total. The molecule has 3 heterocycles. The van der Waals surface area contributed by atoms with Crippen molar-refractivity contribution in [3.8, 4) is 0 Å². The van der Waals surface area contributed by atoms with E-state index in [1.54, 1.807) is 18.2 Å². The Balaban J connectivity index is 1.48. The molecule has 2 fully saturated rings. The average molecular weight is 494 g/mol. The second kappa shape index (κ2) is 9.32. The van der Waals surface area contributed by atoms with Crippen molar-refractivity contribution in [2.75, 3.05) is 19.7 Å². The Kier molecular flexibility index (Phi) is 6.43. The molecule has 3 aromatic rings. The van der Waals surface area contributed by atoms with Gasteiger partial charge in [0, 0.05) is 31.5 Å². The summed E-state index contributed by atoms with van der Waals surface area (Å²) in [5, 5.41) is 0.653. The van der Waals surface area contributed by atoms with Gasteiger partial charge in [-0.3, -0.25) is 0 Å². The Morgan fingerprint density at radius 3 is 2.64 bits per heavy atom. The van der Waals surface area contributed by atoms with Crippen molar-refractivity contribution >= 4 is 32.8 Å². The van der Waals surface area contributed by atoms with Gasteiger partial charge in [-0.2, -0.15) is 4.31 Å². The van der Waals surface area contributed by atoms with Crippen LogP contribution in [0.25, 0.3) is 11.0 Å². The van der Waals surface area contributed by atoms with Crippen LogP contribution in [0.2, 0.25) is 0 Å². The van der Waals surface area contributed by atoms with Crippen LogP contribution in [0.3, 0.4) is 0 Å². The molecule has 2 aliphatic heterocycles. The highest BCUT2D eigenvalue weighted by Crippen LogP contribution is 2.31.